The van der Waals surface area contributed by atoms with Gasteiger partial charge >= 0.3 is 0 Å². The van der Waals surface area contributed by atoms with Crippen LogP contribution < -0.4 is 5.32 Å². The van der Waals surface area contributed by atoms with Gasteiger partial charge in [0.1, 0.15) is 6.61 Å². The van der Waals surface area contributed by atoms with Crippen molar-refractivity contribution < 1.29 is 14.6 Å². The fourth-order valence-corrected chi connectivity index (χ4v) is 1.24. The van der Waals surface area contributed by atoms with Gasteiger partial charge in [0.2, 0.25) is 0 Å². The Hall–Kier alpha value is -1.90. The number of hydrogen-bond donors (Lipinski definition) is 2. The number of carbonyl (C=O) groups excluding carboxylic acids is 1. The second-order valence-corrected chi connectivity index (χ2v) is 3.64. The first kappa shape index (κ1) is 14.2. The van der Waals surface area contributed by atoms with E-state index in [0.29, 0.717) is 17.7 Å². The van der Waals surface area contributed by atoms with E-state index in [9.17, 15) is 4.79 Å². The van der Waals surface area contributed by atoms with Gasteiger partial charge < -0.3 is 15.2 Å². The third-order valence-corrected chi connectivity index (χ3v) is 2.32. The number of nitrogens with one attached hydrogen (secondary N) is 1. The zero-order chi connectivity index (χ0) is 13.4. The smallest absolute Gasteiger partial charge is 0.252 e. The minimum Gasteiger partial charge on any atom is -0.384 e. The van der Waals surface area contributed by atoms with E-state index in [1.54, 1.807) is 13.2 Å². The van der Waals surface area contributed by atoms with Crippen LogP contribution in [0.25, 0.3) is 0 Å². The van der Waals surface area contributed by atoms with Crippen LogP contribution in [0.4, 0.5) is 0 Å². The van der Waals surface area contributed by atoms with E-state index in [4.69, 9.17) is 9.84 Å². The van der Waals surface area contributed by atoms with Gasteiger partial charge in [-0.15, -0.1) is 0 Å². The Morgan fingerprint density at radius 1 is 1.67 bits per heavy atom. The lowest BCUT2D eigenvalue weighted by Gasteiger charge is -2.11. The standard InChI is InChI=1S/C13H16N2O3/c1-10(18-2)8-15-13(17)12-5-6-14-9-11(12)4-3-7-16/h5-6,9-10,16H,7-8H2,1-2H3,(H,15,17). The highest BCUT2D eigenvalue weighted by atomic mass is 16.5. The summed E-state index contributed by atoms with van der Waals surface area (Å²) in [6, 6.07) is 1.59. The molecule has 96 valence electrons. The van der Waals surface area contributed by atoms with Gasteiger partial charge in [-0.2, -0.15) is 0 Å². The van der Waals surface area contributed by atoms with E-state index in [1.165, 1.54) is 12.4 Å². The van der Waals surface area contributed by atoms with Crippen molar-refractivity contribution in [3.8, 4) is 11.8 Å². The van der Waals surface area contributed by atoms with E-state index < -0.39 is 0 Å². The van der Waals surface area contributed by atoms with Crippen molar-refractivity contribution >= 4 is 5.91 Å². The third kappa shape index (κ3) is 4.17. The summed E-state index contributed by atoms with van der Waals surface area (Å²) in [5, 5.41) is 11.4. The van der Waals surface area contributed by atoms with Gasteiger partial charge in [-0.25, -0.2) is 0 Å². The molecule has 0 aliphatic carbocycles. The van der Waals surface area contributed by atoms with Crippen LogP contribution in [0.15, 0.2) is 18.5 Å². The molecule has 0 aromatic carbocycles. The van der Waals surface area contributed by atoms with Crippen molar-refractivity contribution in [1.82, 2.24) is 10.3 Å². The average Bonchev–Trinajstić information content (AvgIpc) is 2.42. The molecule has 2 N–H and O–H groups in total. The molecule has 0 aliphatic heterocycles. The molecule has 5 nitrogen and oxygen atoms in total. The minimum atomic E-state index is -0.253. The van der Waals surface area contributed by atoms with E-state index in [2.05, 4.69) is 22.1 Å². The molecule has 1 amide bonds. The lowest BCUT2D eigenvalue weighted by molar-refractivity contribution is 0.0870. The molecule has 1 aromatic heterocycles. The molecule has 18 heavy (non-hydrogen) atoms. The van der Waals surface area contributed by atoms with Crippen LogP contribution in [0.1, 0.15) is 22.8 Å². The van der Waals surface area contributed by atoms with Crippen LogP contribution >= 0.6 is 0 Å². The maximum Gasteiger partial charge on any atom is 0.252 e. The quantitative estimate of drug-likeness (QED) is 0.746. The monoisotopic (exact) mass is 248 g/mol. The molecular weight excluding hydrogens is 232 g/mol. The molecule has 0 aliphatic rings. The number of nitrogens with zero attached hydrogens (tertiary/aromatic N) is 1. The summed E-state index contributed by atoms with van der Waals surface area (Å²) in [5.41, 5.74) is 0.934. The van der Waals surface area contributed by atoms with Crippen molar-refractivity contribution in [2.45, 2.75) is 13.0 Å². The molecule has 0 spiro atoms. The number of pyridine rings is 1. The van der Waals surface area contributed by atoms with Crippen molar-refractivity contribution in [3.05, 3.63) is 29.6 Å². The van der Waals surface area contributed by atoms with Gasteiger partial charge in [0.15, 0.2) is 0 Å². The van der Waals surface area contributed by atoms with E-state index >= 15 is 0 Å². The highest BCUT2D eigenvalue weighted by molar-refractivity contribution is 5.96. The molecule has 5 heteroatoms. The normalized spacial score (nSPS) is 11.3. The first-order valence-electron chi connectivity index (χ1n) is 5.53. The number of amides is 1. The molecule has 0 bridgehead atoms. The second-order valence-electron chi connectivity index (χ2n) is 3.64. The van der Waals surface area contributed by atoms with Gasteiger partial charge in [0, 0.05) is 26.0 Å². The number of rotatable bonds is 4. The maximum atomic E-state index is 11.9. The van der Waals surface area contributed by atoms with Gasteiger partial charge in [-0.3, -0.25) is 9.78 Å². The summed E-state index contributed by atoms with van der Waals surface area (Å²) < 4.78 is 5.04. The summed E-state index contributed by atoms with van der Waals surface area (Å²) in [4.78, 5) is 15.8. The Morgan fingerprint density at radius 3 is 3.11 bits per heavy atom. The summed E-state index contributed by atoms with van der Waals surface area (Å²) in [7, 11) is 1.58. The largest absolute Gasteiger partial charge is 0.384 e. The highest BCUT2D eigenvalue weighted by Crippen LogP contribution is 2.05. The van der Waals surface area contributed by atoms with Crippen LogP contribution in [0.5, 0.6) is 0 Å². The Morgan fingerprint density at radius 2 is 2.44 bits per heavy atom. The number of methoxy groups -OCH3 is 1. The predicted octanol–water partition coefficient (Wildman–Crippen LogP) is 0.190. The van der Waals surface area contributed by atoms with Crippen molar-refractivity contribution in [2.75, 3.05) is 20.3 Å². The van der Waals surface area contributed by atoms with Gasteiger partial charge in [-0.1, -0.05) is 11.8 Å². The number of carbonyl (C=O) groups is 1. The number of aliphatic hydroxyl groups excluding tert-OH is 1. The van der Waals surface area contributed by atoms with Crippen LogP contribution in [-0.4, -0.2) is 42.4 Å². The highest BCUT2D eigenvalue weighted by Gasteiger charge is 2.10. The summed E-state index contributed by atoms with van der Waals surface area (Å²) in [5.74, 6) is 4.95. The molecule has 0 fully saturated rings. The third-order valence-electron chi connectivity index (χ3n) is 2.32. The predicted molar refractivity (Wildman–Crippen MR) is 67.0 cm³/mol. The molecule has 1 unspecified atom stereocenters. The van der Waals surface area contributed by atoms with Crippen LogP contribution in [0, 0.1) is 11.8 Å². The van der Waals surface area contributed by atoms with Crippen LogP contribution in [0.2, 0.25) is 0 Å². The lowest BCUT2D eigenvalue weighted by Crippen LogP contribution is -2.32. The van der Waals surface area contributed by atoms with Gasteiger partial charge in [0.05, 0.1) is 17.2 Å². The Bertz CT molecular complexity index is 463. The summed E-state index contributed by atoms with van der Waals surface area (Å²) in [6.07, 6.45) is 2.97. The Labute approximate surface area is 106 Å². The number of ether oxygens (including phenoxy) is 1. The Kier molecular flexibility index (Phi) is 5.85. The number of aromatic nitrogens is 1. The molecule has 0 saturated heterocycles. The van der Waals surface area contributed by atoms with Crippen molar-refractivity contribution in [3.63, 3.8) is 0 Å². The Balaban J connectivity index is 2.79. The number of aliphatic hydroxyl groups is 1. The maximum absolute atomic E-state index is 11.9. The zero-order valence-electron chi connectivity index (χ0n) is 10.4. The lowest BCUT2D eigenvalue weighted by atomic mass is 10.1. The zero-order valence-corrected chi connectivity index (χ0v) is 10.4. The van der Waals surface area contributed by atoms with Crippen LogP contribution in [0.3, 0.4) is 0 Å². The topological polar surface area (TPSA) is 71.5 Å². The second kappa shape index (κ2) is 7.43. The molecule has 0 radical (unpaired) electrons. The minimum absolute atomic E-state index is 0.0530. The fourth-order valence-electron chi connectivity index (χ4n) is 1.24. The summed E-state index contributed by atoms with van der Waals surface area (Å²) >= 11 is 0. The molecule has 0 saturated carbocycles. The average molecular weight is 248 g/mol. The molecule has 1 rings (SSSR count). The molecule has 1 heterocycles. The molecular formula is C13H16N2O3. The SMILES string of the molecule is COC(C)CNC(=O)c1ccncc1C#CCO. The first-order valence-corrected chi connectivity index (χ1v) is 5.53. The molecule has 1 aromatic rings. The van der Waals surface area contributed by atoms with Gasteiger partial charge in [0.25, 0.3) is 5.91 Å². The summed E-state index contributed by atoms with van der Waals surface area (Å²) in [6.45, 7) is 2.03. The molecule has 1 atom stereocenters. The van der Waals surface area contributed by atoms with E-state index in [-0.39, 0.29) is 18.6 Å². The van der Waals surface area contributed by atoms with Crippen molar-refractivity contribution in [2.24, 2.45) is 0 Å². The van der Waals surface area contributed by atoms with E-state index in [0.717, 1.165) is 0 Å². The first-order chi connectivity index (χ1) is 8.69. The fraction of sp³-hybridized carbons (Fsp3) is 0.385. The van der Waals surface area contributed by atoms with Crippen molar-refractivity contribution in [1.29, 1.82) is 0 Å². The van der Waals surface area contributed by atoms with E-state index in [1.807, 2.05) is 6.92 Å². The van der Waals surface area contributed by atoms with Crippen LogP contribution in [-0.2, 0) is 4.74 Å². The van der Waals surface area contributed by atoms with Gasteiger partial charge in [-0.05, 0) is 13.0 Å². The number of hydrogen-bond acceptors (Lipinski definition) is 4.